The first-order valence-electron chi connectivity index (χ1n) is 8.26. The van der Waals surface area contributed by atoms with Gasteiger partial charge in [0.25, 0.3) is 5.56 Å². The number of rotatable bonds is 3. The largest absolute Gasteiger partial charge is 0.425 e. The zero-order valence-electron chi connectivity index (χ0n) is 14.7. The van der Waals surface area contributed by atoms with Gasteiger partial charge < -0.3 is 9.30 Å². The van der Waals surface area contributed by atoms with Crippen LogP contribution < -0.4 is 16.0 Å². The van der Waals surface area contributed by atoms with Crippen LogP contribution in [-0.2, 0) is 25.4 Å². The van der Waals surface area contributed by atoms with Crippen molar-refractivity contribution in [2.24, 2.45) is 14.1 Å². The third kappa shape index (κ3) is 2.80. The second-order valence-electron chi connectivity index (χ2n) is 6.23. The molecule has 0 aliphatic carbocycles. The fourth-order valence-electron chi connectivity index (χ4n) is 3.05. The predicted molar refractivity (Wildman–Crippen MR) is 99.8 cm³/mol. The number of esters is 1. The van der Waals surface area contributed by atoms with E-state index in [-0.39, 0.29) is 17.7 Å². The van der Waals surface area contributed by atoms with Gasteiger partial charge in [0, 0.05) is 14.1 Å². The highest BCUT2D eigenvalue weighted by Crippen LogP contribution is 2.20. The summed E-state index contributed by atoms with van der Waals surface area (Å²) in [5.41, 5.74) is -0.586. The smallest absolute Gasteiger partial charge is 0.332 e. The number of benzene rings is 2. The number of nitrogens with zero attached hydrogens (tertiary/aromatic N) is 4. The monoisotopic (exact) mass is 364 g/mol. The van der Waals surface area contributed by atoms with Crippen LogP contribution in [0.4, 0.5) is 0 Å². The first kappa shape index (κ1) is 16.8. The summed E-state index contributed by atoms with van der Waals surface area (Å²) in [4.78, 5) is 40.8. The molecule has 0 amide bonds. The minimum Gasteiger partial charge on any atom is -0.425 e. The Kier molecular flexibility index (Phi) is 3.88. The number of aryl methyl sites for hydroxylation is 1. The lowest BCUT2D eigenvalue weighted by atomic mass is 10.1. The molecule has 0 unspecified atom stereocenters. The molecule has 4 aromatic rings. The van der Waals surface area contributed by atoms with Crippen LogP contribution in [0.3, 0.4) is 0 Å². The minimum absolute atomic E-state index is 0.176. The predicted octanol–water partition coefficient (Wildman–Crippen LogP) is 1.19. The number of fused-ring (bicyclic) bond motifs is 2. The van der Waals surface area contributed by atoms with E-state index in [1.807, 2.05) is 30.3 Å². The number of imidazole rings is 1. The molecule has 27 heavy (non-hydrogen) atoms. The van der Waals surface area contributed by atoms with Crippen molar-refractivity contribution in [3.63, 3.8) is 0 Å². The van der Waals surface area contributed by atoms with Crippen molar-refractivity contribution < 1.29 is 9.53 Å². The minimum atomic E-state index is -0.541. The highest BCUT2D eigenvalue weighted by atomic mass is 16.5. The van der Waals surface area contributed by atoms with Gasteiger partial charge >= 0.3 is 11.7 Å². The SMILES string of the molecule is Cn1c(=O)c2c(ncn2CC(=O)Oc2ccc3ccccc3c2)n(C)c1=O. The molecule has 0 atom stereocenters. The van der Waals surface area contributed by atoms with Crippen LogP contribution in [-0.4, -0.2) is 24.7 Å². The molecule has 0 saturated heterocycles. The molecule has 0 aliphatic rings. The highest BCUT2D eigenvalue weighted by Gasteiger charge is 2.16. The lowest BCUT2D eigenvalue weighted by Crippen LogP contribution is -2.37. The third-order valence-electron chi connectivity index (χ3n) is 4.47. The summed E-state index contributed by atoms with van der Waals surface area (Å²) >= 11 is 0. The molecule has 0 fully saturated rings. The molecule has 4 rings (SSSR count). The molecular weight excluding hydrogens is 348 g/mol. The molecule has 8 nitrogen and oxygen atoms in total. The summed E-state index contributed by atoms with van der Waals surface area (Å²) in [6, 6.07) is 13.1. The maximum atomic E-state index is 12.4. The van der Waals surface area contributed by atoms with Crippen molar-refractivity contribution in [3.8, 4) is 5.75 Å². The average Bonchev–Trinajstić information content (AvgIpc) is 3.08. The standard InChI is InChI=1S/C19H16N4O4/c1-21-17-16(18(25)22(2)19(21)26)23(11-20-17)10-15(24)27-14-8-7-12-5-3-4-6-13(12)9-14/h3-9,11H,10H2,1-2H3. The number of carbonyl (C=O) groups is 1. The normalized spacial score (nSPS) is 11.2. The molecule has 0 bridgehead atoms. The number of hydrogen-bond acceptors (Lipinski definition) is 5. The van der Waals surface area contributed by atoms with Crippen LogP contribution in [0.1, 0.15) is 0 Å². The quantitative estimate of drug-likeness (QED) is 0.403. The topological polar surface area (TPSA) is 88.1 Å². The van der Waals surface area contributed by atoms with E-state index >= 15 is 0 Å². The molecule has 0 aliphatic heterocycles. The van der Waals surface area contributed by atoms with Crippen molar-refractivity contribution in [2.45, 2.75) is 6.54 Å². The molecular formula is C19H16N4O4. The number of hydrogen-bond donors (Lipinski definition) is 0. The van der Waals surface area contributed by atoms with E-state index in [1.54, 1.807) is 12.1 Å². The Hall–Kier alpha value is -3.68. The summed E-state index contributed by atoms with van der Waals surface area (Å²) < 4.78 is 9.04. The van der Waals surface area contributed by atoms with Crippen molar-refractivity contribution in [2.75, 3.05) is 0 Å². The molecule has 136 valence electrons. The second-order valence-corrected chi connectivity index (χ2v) is 6.23. The Morgan fingerprint density at radius 1 is 1.04 bits per heavy atom. The van der Waals surface area contributed by atoms with E-state index in [0.717, 1.165) is 15.3 Å². The molecule has 0 saturated carbocycles. The first-order chi connectivity index (χ1) is 13.0. The Morgan fingerprint density at radius 2 is 1.78 bits per heavy atom. The molecule has 8 heteroatoms. The number of aromatic nitrogens is 4. The van der Waals surface area contributed by atoms with E-state index in [9.17, 15) is 14.4 Å². The molecule has 0 spiro atoms. The van der Waals surface area contributed by atoms with E-state index in [4.69, 9.17) is 4.74 Å². The van der Waals surface area contributed by atoms with E-state index < -0.39 is 17.2 Å². The molecule has 0 radical (unpaired) electrons. The van der Waals surface area contributed by atoms with E-state index in [1.165, 1.54) is 29.6 Å². The molecule has 2 aromatic heterocycles. The van der Waals surface area contributed by atoms with Crippen LogP contribution in [0, 0.1) is 0 Å². The highest BCUT2D eigenvalue weighted by molar-refractivity contribution is 5.85. The fourth-order valence-corrected chi connectivity index (χ4v) is 3.05. The maximum Gasteiger partial charge on any atom is 0.332 e. The zero-order valence-corrected chi connectivity index (χ0v) is 14.7. The summed E-state index contributed by atoms with van der Waals surface area (Å²) in [7, 11) is 2.91. The van der Waals surface area contributed by atoms with Gasteiger partial charge in [-0.15, -0.1) is 0 Å². The van der Waals surface area contributed by atoms with Crippen molar-refractivity contribution >= 4 is 27.9 Å². The van der Waals surface area contributed by atoms with Crippen LogP contribution in [0.2, 0.25) is 0 Å². The van der Waals surface area contributed by atoms with Gasteiger partial charge in [-0.25, -0.2) is 14.6 Å². The Morgan fingerprint density at radius 3 is 2.56 bits per heavy atom. The van der Waals surface area contributed by atoms with Crippen molar-refractivity contribution in [1.29, 1.82) is 0 Å². The van der Waals surface area contributed by atoms with Gasteiger partial charge in [0.15, 0.2) is 11.2 Å². The Balaban J connectivity index is 1.65. The fraction of sp³-hybridized carbons (Fsp3) is 0.158. The Bertz CT molecular complexity index is 1310. The third-order valence-corrected chi connectivity index (χ3v) is 4.47. The number of ether oxygens (including phenoxy) is 1. The molecule has 0 N–H and O–H groups in total. The maximum absolute atomic E-state index is 12.4. The Labute approximate surface area is 152 Å². The van der Waals surface area contributed by atoms with Crippen LogP contribution in [0.25, 0.3) is 21.9 Å². The number of carbonyl (C=O) groups excluding carboxylic acids is 1. The molecule has 2 heterocycles. The summed E-state index contributed by atoms with van der Waals surface area (Å²) in [5, 5.41) is 2.00. The first-order valence-corrected chi connectivity index (χ1v) is 8.26. The van der Waals surface area contributed by atoms with Crippen LogP contribution in [0.15, 0.2) is 58.4 Å². The van der Waals surface area contributed by atoms with E-state index in [2.05, 4.69) is 4.98 Å². The summed E-state index contributed by atoms with van der Waals surface area (Å²) in [6.07, 6.45) is 1.35. The van der Waals surface area contributed by atoms with E-state index in [0.29, 0.717) is 5.75 Å². The lowest BCUT2D eigenvalue weighted by molar-refractivity contribution is -0.134. The van der Waals surface area contributed by atoms with Gasteiger partial charge in [0.05, 0.1) is 6.33 Å². The summed E-state index contributed by atoms with van der Waals surface area (Å²) in [6.45, 7) is -0.198. The molecule has 2 aromatic carbocycles. The van der Waals surface area contributed by atoms with Gasteiger partial charge in [0.1, 0.15) is 12.3 Å². The average molecular weight is 364 g/mol. The zero-order chi connectivity index (χ0) is 19.1. The van der Waals surface area contributed by atoms with Crippen molar-refractivity contribution in [1.82, 2.24) is 18.7 Å². The van der Waals surface area contributed by atoms with Gasteiger partial charge in [-0.05, 0) is 22.9 Å². The summed E-state index contributed by atoms with van der Waals surface area (Å²) in [5.74, 6) is -0.121. The second kappa shape index (κ2) is 6.24. The van der Waals surface area contributed by atoms with Gasteiger partial charge in [0.2, 0.25) is 0 Å². The van der Waals surface area contributed by atoms with Crippen molar-refractivity contribution in [3.05, 3.63) is 69.6 Å². The van der Waals surface area contributed by atoms with Crippen LogP contribution >= 0.6 is 0 Å². The van der Waals surface area contributed by atoms with Gasteiger partial charge in [-0.1, -0.05) is 30.3 Å². The van der Waals surface area contributed by atoms with Gasteiger partial charge in [-0.2, -0.15) is 0 Å². The lowest BCUT2D eigenvalue weighted by Gasteiger charge is -2.08. The van der Waals surface area contributed by atoms with Crippen LogP contribution in [0.5, 0.6) is 5.75 Å². The van der Waals surface area contributed by atoms with Gasteiger partial charge in [-0.3, -0.25) is 13.9 Å².